The molecule has 0 spiro atoms. The van der Waals surface area contributed by atoms with E-state index in [2.05, 4.69) is 0 Å². The highest BCUT2D eigenvalue weighted by atomic mass is 127. The summed E-state index contributed by atoms with van der Waals surface area (Å²) in [6.45, 7) is 1.65. The van der Waals surface area contributed by atoms with Crippen molar-refractivity contribution in [1.82, 2.24) is 0 Å². The number of aryl methyl sites for hydroxylation is 1. The number of rotatable bonds is 9. The zero-order valence-corrected chi connectivity index (χ0v) is 16.3. The van der Waals surface area contributed by atoms with Crippen molar-refractivity contribution in [2.45, 2.75) is 53.5 Å². The van der Waals surface area contributed by atoms with Crippen LogP contribution in [0, 0.1) is 6.92 Å². The van der Waals surface area contributed by atoms with Crippen LogP contribution in [0.2, 0.25) is 0 Å². The summed E-state index contributed by atoms with van der Waals surface area (Å²) in [6, 6.07) is 6.06. The molecule has 0 aromatic heterocycles. The topological polar surface area (TPSA) is 43.4 Å². The molecular weight excluding hydrogens is 482 g/mol. The Balaban J connectivity index is 2.35. The lowest BCUT2D eigenvalue weighted by atomic mass is 10.1. The van der Waals surface area contributed by atoms with E-state index in [-0.39, 0.29) is 30.8 Å². The Morgan fingerprint density at radius 2 is 1.64 bits per heavy atom. The summed E-state index contributed by atoms with van der Waals surface area (Å²) in [5, 5.41) is 0. The second-order valence-electron chi connectivity index (χ2n) is 5.59. The molecule has 0 aliphatic rings. The first-order chi connectivity index (χ1) is 11.3. The molecular formula is C15H18F5IO3S. The van der Waals surface area contributed by atoms with Crippen LogP contribution >= 0.6 is 22.6 Å². The van der Waals surface area contributed by atoms with Gasteiger partial charge in [-0.1, -0.05) is 46.7 Å². The van der Waals surface area contributed by atoms with Gasteiger partial charge in [-0.15, -0.1) is 0 Å². The van der Waals surface area contributed by atoms with Crippen LogP contribution < -0.4 is 0 Å². The number of benzene rings is 1. The molecule has 1 rings (SSSR count). The average Bonchev–Trinajstić information content (AvgIpc) is 2.45. The van der Waals surface area contributed by atoms with Crippen LogP contribution in [-0.4, -0.2) is 31.0 Å². The maximum Gasteiger partial charge on any atom is 0.453 e. The number of unbranched alkanes of at least 4 members (excludes halogenated alkanes) is 1. The molecule has 0 fully saturated rings. The first-order valence-corrected chi connectivity index (χ1v) is 10.1. The summed E-state index contributed by atoms with van der Waals surface area (Å²) in [5.74, 6) is -4.72. The fourth-order valence-corrected chi connectivity index (χ4v) is 3.84. The lowest BCUT2D eigenvalue weighted by Crippen LogP contribution is -2.38. The molecule has 1 unspecified atom stereocenters. The monoisotopic (exact) mass is 500 g/mol. The van der Waals surface area contributed by atoms with Crippen molar-refractivity contribution in [1.29, 1.82) is 0 Å². The SMILES string of the molecule is Cc1ccc(S(=O)(=O)OCCCCC(I)CC(F)(F)C(F)(F)F)cc1. The van der Waals surface area contributed by atoms with Crippen LogP contribution in [0.5, 0.6) is 0 Å². The number of hydrogen-bond donors (Lipinski definition) is 0. The molecule has 1 aromatic carbocycles. The highest BCUT2D eigenvalue weighted by Crippen LogP contribution is 2.40. The van der Waals surface area contributed by atoms with E-state index in [9.17, 15) is 30.4 Å². The van der Waals surface area contributed by atoms with Gasteiger partial charge in [-0.25, -0.2) is 0 Å². The van der Waals surface area contributed by atoms with Crippen molar-refractivity contribution in [3.8, 4) is 0 Å². The minimum absolute atomic E-state index is 0.00897. The van der Waals surface area contributed by atoms with E-state index in [1.54, 1.807) is 41.6 Å². The molecule has 144 valence electrons. The van der Waals surface area contributed by atoms with Gasteiger partial charge < -0.3 is 0 Å². The Bertz CT molecular complexity index is 644. The van der Waals surface area contributed by atoms with Gasteiger partial charge in [0.25, 0.3) is 10.1 Å². The molecule has 0 radical (unpaired) electrons. The zero-order chi connectivity index (χ0) is 19.3. The third kappa shape index (κ3) is 7.33. The van der Waals surface area contributed by atoms with Crippen molar-refractivity contribution in [2.24, 2.45) is 0 Å². The van der Waals surface area contributed by atoms with Gasteiger partial charge in [-0.2, -0.15) is 30.4 Å². The third-order valence-electron chi connectivity index (χ3n) is 3.35. The van der Waals surface area contributed by atoms with E-state index in [0.717, 1.165) is 5.56 Å². The number of halogens is 6. The van der Waals surface area contributed by atoms with Crippen LogP contribution in [-0.2, 0) is 14.3 Å². The van der Waals surface area contributed by atoms with Crippen LogP contribution in [0.4, 0.5) is 22.0 Å². The van der Waals surface area contributed by atoms with Crippen LogP contribution in [0.25, 0.3) is 0 Å². The first-order valence-electron chi connectivity index (χ1n) is 7.40. The quantitative estimate of drug-likeness (QED) is 0.153. The molecule has 0 saturated carbocycles. The summed E-state index contributed by atoms with van der Waals surface area (Å²) in [4.78, 5) is 0.00897. The highest BCUT2D eigenvalue weighted by molar-refractivity contribution is 14.1. The maximum absolute atomic E-state index is 12.9. The molecule has 0 amide bonds. The molecule has 0 bridgehead atoms. The Labute approximate surface area is 157 Å². The van der Waals surface area contributed by atoms with Gasteiger partial charge in [0.15, 0.2) is 0 Å². The Hall–Kier alpha value is -0.490. The predicted molar refractivity (Wildman–Crippen MR) is 91.6 cm³/mol. The van der Waals surface area contributed by atoms with Crippen molar-refractivity contribution < 1.29 is 34.6 Å². The largest absolute Gasteiger partial charge is 0.453 e. The minimum Gasteiger partial charge on any atom is -0.266 e. The zero-order valence-electron chi connectivity index (χ0n) is 13.3. The highest BCUT2D eigenvalue weighted by Gasteiger charge is 2.57. The molecule has 0 aliphatic carbocycles. The fourth-order valence-electron chi connectivity index (χ4n) is 1.91. The Kier molecular flexibility index (Phi) is 8.06. The van der Waals surface area contributed by atoms with E-state index >= 15 is 0 Å². The Morgan fingerprint density at radius 3 is 2.16 bits per heavy atom. The summed E-state index contributed by atoms with van der Waals surface area (Å²) in [7, 11) is -3.90. The first kappa shape index (κ1) is 22.6. The second kappa shape index (κ2) is 8.94. The second-order valence-corrected chi connectivity index (χ2v) is 8.97. The van der Waals surface area contributed by atoms with Gasteiger partial charge in [0, 0.05) is 10.3 Å². The number of hydrogen-bond acceptors (Lipinski definition) is 3. The van der Waals surface area contributed by atoms with Gasteiger partial charge in [0.2, 0.25) is 0 Å². The molecule has 1 atom stereocenters. The molecule has 25 heavy (non-hydrogen) atoms. The summed E-state index contributed by atoms with van der Waals surface area (Å²) < 4.78 is 89.9. The van der Waals surface area contributed by atoms with Crippen molar-refractivity contribution in [3.63, 3.8) is 0 Å². The molecule has 0 N–H and O–H groups in total. The summed E-state index contributed by atoms with van der Waals surface area (Å²) >= 11 is 1.55. The lowest BCUT2D eigenvalue weighted by molar-refractivity contribution is -0.283. The number of alkyl halides is 6. The van der Waals surface area contributed by atoms with E-state index < -0.39 is 32.6 Å². The standard InChI is InChI=1S/C15H18F5IO3S/c1-11-5-7-13(8-6-11)25(22,23)24-9-3-2-4-12(21)10-14(16,17)15(18,19)20/h5-8,12H,2-4,9-10H2,1H3. The van der Waals surface area contributed by atoms with Crippen LogP contribution in [0.15, 0.2) is 29.2 Å². The molecule has 3 nitrogen and oxygen atoms in total. The molecule has 0 aliphatic heterocycles. The summed E-state index contributed by atoms with van der Waals surface area (Å²) in [5.41, 5.74) is 0.891. The van der Waals surface area contributed by atoms with E-state index in [0.29, 0.717) is 0 Å². The smallest absolute Gasteiger partial charge is 0.266 e. The lowest BCUT2D eigenvalue weighted by Gasteiger charge is -2.22. The van der Waals surface area contributed by atoms with Gasteiger partial charge in [0.1, 0.15) is 0 Å². The van der Waals surface area contributed by atoms with Gasteiger partial charge >= 0.3 is 12.1 Å². The van der Waals surface area contributed by atoms with Crippen molar-refractivity contribution in [3.05, 3.63) is 29.8 Å². The molecule has 1 aromatic rings. The molecule has 0 heterocycles. The van der Waals surface area contributed by atoms with Crippen LogP contribution in [0.3, 0.4) is 0 Å². The van der Waals surface area contributed by atoms with E-state index in [1.165, 1.54) is 12.1 Å². The van der Waals surface area contributed by atoms with E-state index in [1.807, 2.05) is 0 Å². The Morgan fingerprint density at radius 1 is 1.08 bits per heavy atom. The molecule has 0 saturated heterocycles. The van der Waals surface area contributed by atoms with E-state index in [4.69, 9.17) is 4.18 Å². The van der Waals surface area contributed by atoms with Gasteiger partial charge in [-0.3, -0.25) is 4.18 Å². The maximum atomic E-state index is 12.9. The van der Waals surface area contributed by atoms with Gasteiger partial charge in [-0.05, 0) is 31.9 Å². The predicted octanol–water partition coefficient (Wildman–Crippen LogP) is 5.26. The van der Waals surface area contributed by atoms with Crippen LogP contribution in [0.1, 0.15) is 31.2 Å². The van der Waals surface area contributed by atoms with Gasteiger partial charge in [0.05, 0.1) is 11.5 Å². The fraction of sp³-hybridized carbons (Fsp3) is 0.600. The average molecular weight is 500 g/mol. The normalized spacial score (nSPS) is 14.5. The third-order valence-corrected chi connectivity index (χ3v) is 5.74. The van der Waals surface area contributed by atoms with Crippen molar-refractivity contribution in [2.75, 3.05) is 6.61 Å². The van der Waals surface area contributed by atoms with Crippen molar-refractivity contribution >= 4 is 32.7 Å². The molecule has 10 heteroatoms. The summed E-state index contributed by atoms with van der Waals surface area (Å²) in [6.07, 6.45) is -6.21. The minimum atomic E-state index is -5.55.